The Morgan fingerprint density at radius 1 is 1.50 bits per heavy atom. The summed E-state index contributed by atoms with van der Waals surface area (Å²) in [5.74, 6) is 1.03. The van der Waals surface area contributed by atoms with Crippen LogP contribution in [0.1, 0.15) is 12.2 Å². The Balaban J connectivity index is 1.50. The summed E-state index contributed by atoms with van der Waals surface area (Å²) in [6, 6.07) is 7.91. The van der Waals surface area contributed by atoms with Crippen LogP contribution in [-0.4, -0.2) is 47.8 Å². The van der Waals surface area contributed by atoms with Crippen LogP contribution in [0.25, 0.3) is 11.0 Å². The summed E-state index contributed by atoms with van der Waals surface area (Å²) in [5.41, 5.74) is 2.17. The zero-order valence-corrected chi connectivity index (χ0v) is 12.8. The molecule has 0 saturated carbocycles. The molecule has 6 nitrogen and oxygen atoms in total. The first-order valence-electron chi connectivity index (χ1n) is 7.76. The lowest BCUT2D eigenvalue weighted by Crippen LogP contribution is -2.51. The number of nitrogens with zero attached hydrogens (tertiary/aromatic N) is 2. The lowest BCUT2D eigenvalue weighted by Gasteiger charge is -2.22. The minimum absolute atomic E-state index is 0.0203. The van der Waals surface area contributed by atoms with E-state index in [-0.39, 0.29) is 11.9 Å². The lowest BCUT2D eigenvalue weighted by molar-refractivity contribution is -0.125. The molecule has 1 aromatic carbocycles. The van der Waals surface area contributed by atoms with Crippen molar-refractivity contribution >= 4 is 16.9 Å². The van der Waals surface area contributed by atoms with Crippen molar-refractivity contribution < 1.29 is 9.53 Å². The summed E-state index contributed by atoms with van der Waals surface area (Å²) in [4.78, 5) is 16.5. The first kappa shape index (κ1) is 15.0. The van der Waals surface area contributed by atoms with Gasteiger partial charge in [0.15, 0.2) is 0 Å². The average molecular weight is 302 g/mol. The molecule has 3 rings (SSSR count). The second-order valence-corrected chi connectivity index (χ2v) is 5.53. The van der Waals surface area contributed by atoms with Gasteiger partial charge in [-0.25, -0.2) is 4.98 Å². The third-order valence-electron chi connectivity index (χ3n) is 3.94. The molecule has 2 aromatic rings. The van der Waals surface area contributed by atoms with Gasteiger partial charge in [-0.3, -0.25) is 4.79 Å². The number of fused-ring (bicyclic) bond motifs is 1. The number of aromatic nitrogens is 2. The van der Waals surface area contributed by atoms with Gasteiger partial charge in [-0.05, 0) is 25.5 Å². The quantitative estimate of drug-likeness (QED) is 0.803. The molecule has 0 spiro atoms. The number of carbonyl (C=O) groups excluding carboxylic acids is 1. The Labute approximate surface area is 129 Å². The van der Waals surface area contributed by atoms with E-state index in [1.807, 2.05) is 25.1 Å². The van der Waals surface area contributed by atoms with E-state index in [0.29, 0.717) is 19.8 Å². The van der Waals surface area contributed by atoms with E-state index in [1.165, 1.54) is 0 Å². The van der Waals surface area contributed by atoms with E-state index in [0.717, 1.165) is 36.4 Å². The number of hydrogen-bond donors (Lipinski definition) is 2. The van der Waals surface area contributed by atoms with Gasteiger partial charge >= 0.3 is 0 Å². The zero-order valence-electron chi connectivity index (χ0n) is 12.8. The molecule has 1 aromatic heterocycles. The number of ether oxygens (including phenoxy) is 1. The summed E-state index contributed by atoms with van der Waals surface area (Å²) < 4.78 is 7.49. The first-order chi connectivity index (χ1) is 10.8. The molecule has 118 valence electrons. The number of rotatable bonds is 5. The van der Waals surface area contributed by atoms with Crippen LogP contribution in [0.15, 0.2) is 24.3 Å². The Bertz CT molecular complexity index is 647. The fourth-order valence-electron chi connectivity index (χ4n) is 2.78. The normalized spacial score (nSPS) is 18.5. The maximum absolute atomic E-state index is 12.0. The Morgan fingerprint density at radius 3 is 3.18 bits per heavy atom. The van der Waals surface area contributed by atoms with E-state index in [9.17, 15) is 4.79 Å². The second kappa shape index (κ2) is 6.89. The summed E-state index contributed by atoms with van der Waals surface area (Å²) in [6.07, 6.45) is 0.876. The molecule has 22 heavy (non-hydrogen) atoms. The molecule has 1 atom stereocenters. The highest BCUT2D eigenvalue weighted by molar-refractivity contribution is 5.82. The van der Waals surface area contributed by atoms with Gasteiger partial charge in [0, 0.05) is 19.6 Å². The molecule has 1 unspecified atom stereocenters. The van der Waals surface area contributed by atoms with Gasteiger partial charge in [-0.2, -0.15) is 0 Å². The number of imidazole rings is 1. The largest absolute Gasteiger partial charge is 0.378 e. The standard InChI is InChI=1S/C16H22N4O2/c1-12-19-13-5-2-3-6-15(13)20(12)9-4-7-18-16(21)14-11-22-10-8-17-14/h2-3,5-6,14,17H,4,7-11H2,1H3,(H,18,21). The SMILES string of the molecule is Cc1nc2ccccc2n1CCCNC(=O)C1COCCN1. The van der Waals surface area contributed by atoms with Crippen molar-refractivity contribution in [3.8, 4) is 0 Å². The topological polar surface area (TPSA) is 68.2 Å². The molecule has 1 amide bonds. The molecule has 1 aliphatic rings. The van der Waals surface area contributed by atoms with Crippen molar-refractivity contribution in [3.63, 3.8) is 0 Å². The number of benzene rings is 1. The molecular formula is C16H22N4O2. The van der Waals surface area contributed by atoms with Crippen LogP contribution in [0.3, 0.4) is 0 Å². The highest BCUT2D eigenvalue weighted by Gasteiger charge is 2.20. The van der Waals surface area contributed by atoms with Crippen molar-refractivity contribution in [1.82, 2.24) is 20.2 Å². The van der Waals surface area contributed by atoms with Gasteiger partial charge < -0.3 is 19.9 Å². The summed E-state index contributed by atoms with van der Waals surface area (Å²) >= 11 is 0. The molecule has 1 fully saturated rings. The highest BCUT2D eigenvalue weighted by Crippen LogP contribution is 2.15. The molecular weight excluding hydrogens is 280 g/mol. The number of carbonyl (C=O) groups is 1. The van der Waals surface area contributed by atoms with E-state index >= 15 is 0 Å². The molecule has 6 heteroatoms. The van der Waals surface area contributed by atoms with Crippen LogP contribution < -0.4 is 10.6 Å². The number of hydrogen-bond acceptors (Lipinski definition) is 4. The van der Waals surface area contributed by atoms with Gasteiger partial charge in [0.1, 0.15) is 11.9 Å². The van der Waals surface area contributed by atoms with Gasteiger partial charge in [0.25, 0.3) is 0 Å². The number of amides is 1. The second-order valence-electron chi connectivity index (χ2n) is 5.53. The van der Waals surface area contributed by atoms with Crippen molar-refractivity contribution in [2.75, 3.05) is 26.3 Å². The summed E-state index contributed by atoms with van der Waals surface area (Å²) in [7, 11) is 0. The molecule has 2 N–H and O–H groups in total. The fourth-order valence-corrected chi connectivity index (χ4v) is 2.78. The maximum Gasteiger partial charge on any atom is 0.239 e. The third-order valence-corrected chi connectivity index (χ3v) is 3.94. The molecule has 0 bridgehead atoms. The van der Waals surface area contributed by atoms with Gasteiger partial charge in [-0.1, -0.05) is 12.1 Å². The first-order valence-corrected chi connectivity index (χ1v) is 7.76. The van der Waals surface area contributed by atoms with Crippen LogP contribution >= 0.6 is 0 Å². The fraction of sp³-hybridized carbons (Fsp3) is 0.500. The Morgan fingerprint density at radius 2 is 2.36 bits per heavy atom. The van der Waals surface area contributed by atoms with Crippen molar-refractivity contribution in [2.45, 2.75) is 25.9 Å². The summed E-state index contributed by atoms with van der Waals surface area (Å²) in [5, 5.41) is 6.12. The number of aryl methyl sites for hydroxylation is 2. The van der Waals surface area contributed by atoms with Crippen molar-refractivity contribution in [3.05, 3.63) is 30.1 Å². The van der Waals surface area contributed by atoms with Crippen molar-refractivity contribution in [2.24, 2.45) is 0 Å². The smallest absolute Gasteiger partial charge is 0.239 e. The van der Waals surface area contributed by atoms with Crippen molar-refractivity contribution in [1.29, 1.82) is 0 Å². The minimum Gasteiger partial charge on any atom is -0.378 e. The number of para-hydroxylation sites is 2. The van der Waals surface area contributed by atoms with Crippen LogP contribution in [0.5, 0.6) is 0 Å². The maximum atomic E-state index is 12.0. The van der Waals surface area contributed by atoms with Crippen LogP contribution in [0, 0.1) is 6.92 Å². The number of nitrogens with one attached hydrogen (secondary N) is 2. The molecule has 1 aliphatic heterocycles. The Kier molecular flexibility index (Phi) is 4.70. The Hall–Kier alpha value is -1.92. The molecule has 0 radical (unpaired) electrons. The monoisotopic (exact) mass is 302 g/mol. The van der Waals surface area contributed by atoms with E-state index in [4.69, 9.17) is 4.74 Å². The predicted octanol–water partition coefficient (Wildman–Crippen LogP) is 0.839. The predicted molar refractivity (Wildman–Crippen MR) is 84.7 cm³/mol. The van der Waals surface area contributed by atoms with Gasteiger partial charge in [-0.15, -0.1) is 0 Å². The number of morpholine rings is 1. The third kappa shape index (κ3) is 3.28. The van der Waals surface area contributed by atoms with Gasteiger partial charge in [0.05, 0.1) is 24.2 Å². The average Bonchev–Trinajstić information content (AvgIpc) is 2.88. The van der Waals surface area contributed by atoms with Gasteiger partial charge in [0.2, 0.25) is 5.91 Å². The molecule has 1 saturated heterocycles. The van der Waals surface area contributed by atoms with E-state index < -0.39 is 0 Å². The highest BCUT2D eigenvalue weighted by atomic mass is 16.5. The van der Waals surface area contributed by atoms with Crippen LogP contribution in [0.2, 0.25) is 0 Å². The van der Waals surface area contributed by atoms with Crippen LogP contribution in [-0.2, 0) is 16.1 Å². The zero-order chi connectivity index (χ0) is 15.4. The van der Waals surface area contributed by atoms with Crippen LogP contribution in [0.4, 0.5) is 0 Å². The minimum atomic E-state index is -0.218. The molecule has 2 heterocycles. The lowest BCUT2D eigenvalue weighted by atomic mass is 10.2. The summed E-state index contributed by atoms with van der Waals surface area (Å²) in [6.45, 7) is 5.39. The molecule has 0 aliphatic carbocycles. The van der Waals surface area contributed by atoms with E-state index in [1.54, 1.807) is 0 Å². The van der Waals surface area contributed by atoms with E-state index in [2.05, 4.69) is 26.3 Å².